The van der Waals surface area contributed by atoms with E-state index >= 15 is 0 Å². The number of nitrogens with one attached hydrogen (secondary N) is 2. The third-order valence-corrected chi connectivity index (χ3v) is 7.90. The molecule has 1 aliphatic rings. The molecule has 41 heavy (non-hydrogen) atoms. The molecule has 0 spiro atoms. The smallest absolute Gasteiger partial charge is 0.330 e. The molecule has 1 aliphatic heterocycles. The Labute approximate surface area is 245 Å². The first-order valence-corrected chi connectivity index (χ1v) is 14.1. The highest BCUT2D eigenvalue weighted by atomic mass is 16.4. The second-order valence-corrected chi connectivity index (χ2v) is 12.8. The first-order chi connectivity index (χ1) is 18.9. The first-order valence-electron chi connectivity index (χ1n) is 14.1. The predicted molar refractivity (Wildman–Crippen MR) is 161 cm³/mol. The molecule has 9 nitrogen and oxygen atoms in total. The molecule has 226 valence electrons. The Bertz CT molecular complexity index is 1170. The van der Waals surface area contributed by atoms with Gasteiger partial charge in [0.15, 0.2) is 0 Å². The maximum Gasteiger partial charge on any atom is 0.330 e. The van der Waals surface area contributed by atoms with Crippen molar-refractivity contribution in [1.82, 2.24) is 20.4 Å². The van der Waals surface area contributed by atoms with Crippen LogP contribution in [0.25, 0.3) is 0 Å². The van der Waals surface area contributed by atoms with Gasteiger partial charge in [0, 0.05) is 24.6 Å². The molecular weight excluding hydrogens is 520 g/mol. The first kappa shape index (κ1) is 33.7. The minimum absolute atomic E-state index is 0.0583. The molecule has 4 atom stereocenters. The Morgan fingerprint density at radius 1 is 1.05 bits per heavy atom. The molecule has 0 aromatic heterocycles. The molecule has 0 fully saturated rings. The van der Waals surface area contributed by atoms with Crippen LogP contribution in [0.1, 0.15) is 61.0 Å². The molecule has 1 aromatic rings. The lowest BCUT2D eigenvalue weighted by Gasteiger charge is -2.40. The van der Waals surface area contributed by atoms with Gasteiger partial charge in [-0.25, -0.2) is 4.79 Å². The summed E-state index contributed by atoms with van der Waals surface area (Å²) in [6.07, 6.45) is 4.88. The van der Waals surface area contributed by atoms with E-state index in [0.29, 0.717) is 5.57 Å². The van der Waals surface area contributed by atoms with Crippen LogP contribution in [0.4, 0.5) is 0 Å². The number of hydrogen-bond acceptors (Lipinski definition) is 5. The summed E-state index contributed by atoms with van der Waals surface area (Å²) in [4.78, 5) is 55.4. The van der Waals surface area contributed by atoms with Gasteiger partial charge < -0.3 is 25.5 Å². The van der Waals surface area contributed by atoms with Crippen LogP contribution in [0.5, 0.6) is 0 Å². The van der Waals surface area contributed by atoms with E-state index in [0.717, 1.165) is 5.56 Å². The second kappa shape index (κ2) is 13.5. The molecule has 1 aromatic carbocycles. The van der Waals surface area contributed by atoms with E-state index in [1.54, 1.807) is 38.1 Å². The van der Waals surface area contributed by atoms with Crippen molar-refractivity contribution in [2.45, 2.75) is 85.0 Å². The van der Waals surface area contributed by atoms with Gasteiger partial charge in [-0.05, 0) is 30.9 Å². The van der Waals surface area contributed by atoms with Crippen LogP contribution in [0, 0.1) is 11.3 Å². The van der Waals surface area contributed by atoms with Crippen LogP contribution in [0.2, 0.25) is 0 Å². The fourth-order valence-electron chi connectivity index (χ4n) is 5.33. The Morgan fingerprint density at radius 2 is 1.63 bits per heavy atom. The van der Waals surface area contributed by atoms with Gasteiger partial charge in [0.1, 0.15) is 12.1 Å². The van der Waals surface area contributed by atoms with E-state index in [4.69, 9.17) is 0 Å². The number of rotatable bonds is 11. The van der Waals surface area contributed by atoms with E-state index in [2.05, 4.69) is 10.6 Å². The van der Waals surface area contributed by atoms with Crippen LogP contribution in [0.3, 0.4) is 0 Å². The standard InChI is InChI=1S/C32H48N4O5/c1-20(2)24(19-21(3)28(38)36-18-14-17-23(36)30(40)41)35(10)29(39)26(31(4,5)6)34-27(37)25(33-9)32(7,8)22-15-12-11-13-16-22/h11-17,19-20,23-26,33H,18H2,1-10H3,(H,34,37)(H,40,41)/b21-19+/t23-,24-,25-,26-/m1/s1. The monoisotopic (exact) mass is 568 g/mol. The predicted octanol–water partition coefficient (Wildman–Crippen LogP) is 3.36. The molecule has 1 heterocycles. The third-order valence-electron chi connectivity index (χ3n) is 7.90. The van der Waals surface area contributed by atoms with Crippen LogP contribution < -0.4 is 10.6 Å². The molecular formula is C32H48N4O5. The molecule has 2 rings (SSSR count). The molecule has 9 heteroatoms. The normalized spacial score (nSPS) is 18.2. The van der Waals surface area contributed by atoms with E-state index in [-0.39, 0.29) is 24.3 Å². The zero-order valence-corrected chi connectivity index (χ0v) is 26.2. The lowest BCUT2D eigenvalue weighted by atomic mass is 9.76. The van der Waals surface area contributed by atoms with Gasteiger partial charge in [-0.3, -0.25) is 14.4 Å². The number of carboxylic acids is 1. The highest BCUT2D eigenvalue weighted by Crippen LogP contribution is 2.29. The summed E-state index contributed by atoms with van der Waals surface area (Å²) in [7, 11) is 3.41. The Balaban J connectivity index is 2.34. The number of nitrogens with zero attached hydrogens (tertiary/aromatic N) is 2. The van der Waals surface area contributed by atoms with Crippen LogP contribution in [-0.4, -0.2) is 83.4 Å². The highest BCUT2D eigenvalue weighted by molar-refractivity contribution is 5.97. The fraction of sp³-hybridized carbons (Fsp3) is 0.562. The Kier molecular flexibility index (Phi) is 11.1. The largest absolute Gasteiger partial charge is 0.479 e. The van der Waals surface area contributed by atoms with Crippen molar-refractivity contribution in [3.05, 3.63) is 59.7 Å². The van der Waals surface area contributed by atoms with Gasteiger partial charge in [0.25, 0.3) is 5.91 Å². The number of aliphatic carboxylic acids is 1. The van der Waals surface area contributed by atoms with Gasteiger partial charge in [-0.15, -0.1) is 0 Å². The van der Waals surface area contributed by atoms with E-state index < -0.39 is 46.9 Å². The molecule has 0 saturated carbocycles. The van der Waals surface area contributed by atoms with Gasteiger partial charge in [0.05, 0.1) is 12.1 Å². The molecule has 0 unspecified atom stereocenters. The second-order valence-electron chi connectivity index (χ2n) is 12.8. The molecule has 0 saturated heterocycles. The highest BCUT2D eigenvalue weighted by Gasteiger charge is 2.42. The SMILES string of the molecule is CN[C@H](C(=O)N[C@H](C(=O)N(C)[C@H](/C=C(\C)C(=O)N1CC=C[C@@H]1C(=O)O)C(C)C)C(C)(C)C)C(C)(C)c1ccccc1. The summed E-state index contributed by atoms with van der Waals surface area (Å²) in [5, 5.41) is 15.7. The van der Waals surface area contributed by atoms with Crippen molar-refractivity contribution < 1.29 is 24.3 Å². The van der Waals surface area contributed by atoms with Gasteiger partial charge in [0.2, 0.25) is 11.8 Å². The van der Waals surface area contributed by atoms with E-state index in [9.17, 15) is 24.3 Å². The van der Waals surface area contributed by atoms with Crippen LogP contribution >= 0.6 is 0 Å². The number of amides is 3. The quantitative estimate of drug-likeness (QED) is 0.278. The molecule has 3 amide bonds. The minimum atomic E-state index is -1.09. The number of carboxylic acid groups (broad SMARTS) is 1. The molecule has 3 N–H and O–H groups in total. The molecule has 0 radical (unpaired) electrons. The Morgan fingerprint density at radius 3 is 2.12 bits per heavy atom. The van der Waals surface area contributed by atoms with E-state index in [1.165, 1.54) is 11.0 Å². The maximum atomic E-state index is 14.0. The molecule has 0 aliphatic carbocycles. The summed E-state index contributed by atoms with van der Waals surface area (Å²) in [5.74, 6) is -2.11. The summed E-state index contributed by atoms with van der Waals surface area (Å²) in [5.41, 5.74) is 0.182. The molecule has 0 bridgehead atoms. The van der Waals surface area contributed by atoms with Gasteiger partial charge in [-0.2, -0.15) is 0 Å². The summed E-state index contributed by atoms with van der Waals surface area (Å²) >= 11 is 0. The average Bonchev–Trinajstić information content (AvgIpc) is 3.39. The van der Waals surface area contributed by atoms with Crippen molar-refractivity contribution in [3.8, 4) is 0 Å². The zero-order valence-electron chi connectivity index (χ0n) is 26.2. The lowest BCUT2D eigenvalue weighted by Crippen LogP contribution is -2.61. The van der Waals surface area contributed by atoms with Crippen LogP contribution in [-0.2, 0) is 24.6 Å². The number of carbonyl (C=O) groups excluding carboxylic acids is 3. The number of hydrogen-bond donors (Lipinski definition) is 3. The van der Waals surface area contributed by atoms with Crippen LogP contribution in [0.15, 0.2) is 54.1 Å². The van der Waals surface area contributed by atoms with Crippen molar-refractivity contribution >= 4 is 23.7 Å². The topological polar surface area (TPSA) is 119 Å². The fourth-order valence-corrected chi connectivity index (χ4v) is 5.33. The van der Waals surface area contributed by atoms with Crippen molar-refractivity contribution in [2.24, 2.45) is 11.3 Å². The third kappa shape index (κ3) is 7.85. The number of carbonyl (C=O) groups is 4. The zero-order chi connectivity index (χ0) is 31.3. The Hall–Kier alpha value is -3.46. The average molecular weight is 569 g/mol. The van der Waals surface area contributed by atoms with Crippen molar-refractivity contribution in [1.29, 1.82) is 0 Å². The lowest BCUT2D eigenvalue weighted by molar-refractivity contribution is -0.145. The minimum Gasteiger partial charge on any atom is -0.479 e. The summed E-state index contributed by atoms with van der Waals surface area (Å²) in [6, 6.07) is 6.85. The summed E-state index contributed by atoms with van der Waals surface area (Å²) in [6.45, 7) is 15.5. The maximum absolute atomic E-state index is 14.0. The van der Waals surface area contributed by atoms with Gasteiger partial charge >= 0.3 is 5.97 Å². The van der Waals surface area contributed by atoms with Crippen molar-refractivity contribution in [2.75, 3.05) is 20.6 Å². The number of likely N-dealkylation sites (N-methyl/N-ethyl adjacent to an activating group) is 2. The van der Waals surface area contributed by atoms with E-state index in [1.807, 2.05) is 78.8 Å². The van der Waals surface area contributed by atoms with Gasteiger partial charge in [-0.1, -0.05) is 97.0 Å². The van der Waals surface area contributed by atoms with Crippen molar-refractivity contribution in [3.63, 3.8) is 0 Å². The number of benzene rings is 1. The summed E-state index contributed by atoms with van der Waals surface area (Å²) < 4.78 is 0.